The maximum atomic E-state index is 6.40. The predicted octanol–water partition coefficient (Wildman–Crippen LogP) is 6.75. The van der Waals surface area contributed by atoms with Gasteiger partial charge < -0.3 is 13.9 Å². The van der Waals surface area contributed by atoms with Crippen molar-refractivity contribution in [2.75, 3.05) is 0 Å². The van der Waals surface area contributed by atoms with Crippen LogP contribution in [-0.4, -0.2) is 22.9 Å². The Balaban J connectivity index is 1.50. The van der Waals surface area contributed by atoms with Crippen LogP contribution in [0.25, 0.3) is 38.6 Å². The molecule has 3 nitrogen and oxygen atoms in total. The maximum absolute atomic E-state index is 6.40. The molecule has 1 aliphatic heterocycles. The number of aromatic nitrogens is 1. The standard InChI is InChI=1S/C30H28BNO2/c1-29(2)30(3,4)34-31(33-29)26-17-8-5-14-23(26)21-12-11-13-22(20-21)32-27-18-9-6-15-24(27)25-16-7-10-19-28(25)32/h5-20H,1-4H3. The monoisotopic (exact) mass is 445 g/mol. The lowest BCUT2D eigenvalue weighted by atomic mass is 9.74. The Labute approximate surface area is 201 Å². The fraction of sp³-hybridized carbons (Fsp3) is 0.200. The number of nitrogens with zero attached hydrogens (tertiary/aromatic N) is 1. The van der Waals surface area contributed by atoms with E-state index in [0.717, 1.165) is 22.3 Å². The van der Waals surface area contributed by atoms with Crippen LogP contribution < -0.4 is 5.46 Å². The zero-order valence-corrected chi connectivity index (χ0v) is 20.1. The maximum Gasteiger partial charge on any atom is 0.495 e. The molecule has 4 heteroatoms. The number of rotatable bonds is 3. The Morgan fingerprint density at radius 3 is 1.82 bits per heavy atom. The van der Waals surface area contributed by atoms with Gasteiger partial charge in [-0.05, 0) is 68.6 Å². The van der Waals surface area contributed by atoms with Crippen molar-refractivity contribution in [3.63, 3.8) is 0 Å². The van der Waals surface area contributed by atoms with Crippen LogP contribution in [-0.2, 0) is 9.31 Å². The third-order valence-corrected chi connectivity index (χ3v) is 7.46. The van der Waals surface area contributed by atoms with Crippen molar-refractivity contribution < 1.29 is 9.31 Å². The van der Waals surface area contributed by atoms with Crippen molar-refractivity contribution in [3.05, 3.63) is 97.1 Å². The first-order valence-electron chi connectivity index (χ1n) is 11.9. The molecule has 0 aliphatic carbocycles. The molecule has 0 atom stereocenters. The van der Waals surface area contributed by atoms with E-state index in [1.165, 1.54) is 21.8 Å². The Kier molecular flexibility index (Phi) is 4.74. The van der Waals surface area contributed by atoms with E-state index < -0.39 is 7.12 Å². The molecule has 0 saturated carbocycles. The summed E-state index contributed by atoms with van der Waals surface area (Å²) in [5, 5.41) is 2.53. The number of para-hydroxylation sites is 2. The summed E-state index contributed by atoms with van der Waals surface area (Å²) < 4.78 is 15.2. The molecule has 1 saturated heterocycles. The lowest BCUT2D eigenvalue weighted by Gasteiger charge is -2.32. The van der Waals surface area contributed by atoms with Gasteiger partial charge in [-0.15, -0.1) is 0 Å². The highest BCUT2D eigenvalue weighted by atomic mass is 16.7. The summed E-state index contributed by atoms with van der Waals surface area (Å²) in [6.07, 6.45) is 0. The van der Waals surface area contributed by atoms with E-state index in [-0.39, 0.29) is 11.2 Å². The zero-order chi connectivity index (χ0) is 23.5. The van der Waals surface area contributed by atoms with Crippen LogP contribution in [0.1, 0.15) is 27.7 Å². The minimum Gasteiger partial charge on any atom is -0.399 e. The quantitative estimate of drug-likeness (QED) is 0.287. The van der Waals surface area contributed by atoms with Gasteiger partial charge in [0.2, 0.25) is 0 Å². The predicted molar refractivity (Wildman–Crippen MR) is 142 cm³/mol. The number of hydrogen-bond acceptors (Lipinski definition) is 2. The lowest BCUT2D eigenvalue weighted by molar-refractivity contribution is 0.00578. The van der Waals surface area contributed by atoms with Crippen molar-refractivity contribution in [1.82, 2.24) is 4.57 Å². The molecule has 4 aromatic carbocycles. The Morgan fingerprint density at radius 1 is 0.618 bits per heavy atom. The van der Waals surface area contributed by atoms with E-state index in [9.17, 15) is 0 Å². The fourth-order valence-electron chi connectivity index (χ4n) is 4.95. The van der Waals surface area contributed by atoms with Gasteiger partial charge in [-0.1, -0.05) is 72.8 Å². The summed E-state index contributed by atoms with van der Waals surface area (Å²) in [7, 11) is -0.405. The molecule has 1 aliphatic rings. The minimum absolute atomic E-state index is 0.379. The summed E-state index contributed by atoms with van der Waals surface area (Å²) in [5.74, 6) is 0. The number of benzene rings is 4. The van der Waals surface area contributed by atoms with Crippen molar-refractivity contribution in [1.29, 1.82) is 0 Å². The molecule has 1 aromatic heterocycles. The minimum atomic E-state index is -0.405. The highest BCUT2D eigenvalue weighted by Crippen LogP contribution is 2.38. The van der Waals surface area contributed by atoms with Gasteiger partial charge in [-0.25, -0.2) is 0 Å². The van der Waals surface area contributed by atoms with Gasteiger partial charge in [-0.2, -0.15) is 0 Å². The van der Waals surface area contributed by atoms with Gasteiger partial charge in [0.15, 0.2) is 0 Å². The van der Waals surface area contributed by atoms with E-state index in [1.54, 1.807) is 0 Å². The third kappa shape index (κ3) is 3.21. The molecular weight excluding hydrogens is 417 g/mol. The zero-order valence-electron chi connectivity index (χ0n) is 20.1. The van der Waals surface area contributed by atoms with Gasteiger partial charge in [0.25, 0.3) is 0 Å². The SMILES string of the molecule is CC1(C)OB(c2ccccc2-c2cccc(-n3c4ccccc4c4ccccc43)c2)OC1(C)C. The molecule has 1 fully saturated rings. The molecule has 0 bridgehead atoms. The summed E-state index contributed by atoms with van der Waals surface area (Å²) in [4.78, 5) is 0. The number of hydrogen-bond donors (Lipinski definition) is 0. The summed E-state index contributed by atoms with van der Waals surface area (Å²) in [5.41, 5.74) is 6.12. The highest BCUT2D eigenvalue weighted by molar-refractivity contribution is 6.63. The van der Waals surface area contributed by atoms with E-state index in [0.29, 0.717) is 0 Å². The summed E-state index contributed by atoms with van der Waals surface area (Å²) in [6.45, 7) is 8.38. The second kappa shape index (κ2) is 7.59. The lowest BCUT2D eigenvalue weighted by Crippen LogP contribution is -2.41. The second-order valence-corrected chi connectivity index (χ2v) is 10.1. The molecule has 0 unspecified atom stereocenters. The molecule has 6 rings (SSSR count). The third-order valence-electron chi connectivity index (χ3n) is 7.46. The molecule has 0 spiro atoms. The fourth-order valence-corrected chi connectivity index (χ4v) is 4.95. The smallest absolute Gasteiger partial charge is 0.399 e. The Bertz CT molecular complexity index is 1460. The van der Waals surface area contributed by atoms with Gasteiger partial charge in [0, 0.05) is 16.5 Å². The molecule has 168 valence electrons. The van der Waals surface area contributed by atoms with E-state index in [1.807, 2.05) is 0 Å². The molecule has 2 heterocycles. The Morgan fingerprint density at radius 2 is 1.18 bits per heavy atom. The normalized spacial score (nSPS) is 17.0. The molecular formula is C30H28BNO2. The van der Waals surface area contributed by atoms with Gasteiger partial charge in [-0.3, -0.25) is 0 Å². The number of fused-ring (bicyclic) bond motifs is 3. The van der Waals surface area contributed by atoms with Crippen molar-refractivity contribution in [2.45, 2.75) is 38.9 Å². The topological polar surface area (TPSA) is 23.4 Å². The summed E-state index contributed by atoms with van der Waals surface area (Å²) >= 11 is 0. The van der Waals surface area contributed by atoms with Crippen molar-refractivity contribution >= 4 is 34.4 Å². The van der Waals surface area contributed by atoms with Crippen LogP contribution in [0, 0.1) is 0 Å². The molecule has 34 heavy (non-hydrogen) atoms. The second-order valence-electron chi connectivity index (χ2n) is 10.1. The van der Waals surface area contributed by atoms with Crippen molar-refractivity contribution in [2.24, 2.45) is 0 Å². The van der Waals surface area contributed by atoms with E-state index in [4.69, 9.17) is 9.31 Å². The van der Waals surface area contributed by atoms with Gasteiger partial charge in [0.05, 0.1) is 22.2 Å². The molecule has 0 N–H and O–H groups in total. The summed E-state index contributed by atoms with van der Waals surface area (Å²) in [6, 6.07) is 34.4. The van der Waals surface area contributed by atoms with Crippen LogP contribution >= 0.6 is 0 Å². The largest absolute Gasteiger partial charge is 0.495 e. The molecule has 5 aromatic rings. The van der Waals surface area contributed by atoms with Crippen LogP contribution in [0.2, 0.25) is 0 Å². The van der Waals surface area contributed by atoms with Crippen LogP contribution in [0.3, 0.4) is 0 Å². The molecule has 0 radical (unpaired) electrons. The first kappa shape index (κ1) is 21.2. The Hall–Kier alpha value is -3.34. The van der Waals surface area contributed by atoms with Gasteiger partial charge in [0.1, 0.15) is 0 Å². The highest BCUT2D eigenvalue weighted by Gasteiger charge is 2.52. The average molecular weight is 445 g/mol. The van der Waals surface area contributed by atoms with E-state index >= 15 is 0 Å². The van der Waals surface area contributed by atoms with Crippen LogP contribution in [0.15, 0.2) is 97.1 Å². The first-order valence-corrected chi connectivity index (χ1v) is 11.9. The van der Waals surface area contributed by atoms with Crippen LogP contribution in [0.5, 0.6) is 0 Å². The molecule has 0 amide bonds. The van der Waals surface area contributed by atoms with E-state index in [2.05, 4.69) is 129 Å². The van der Waals surface area contributed by atoms with Crippen LogP contribution in [0.4, 0.5) is 0 Å². The average Bonchev–Trinajstić information content (AvgIpc) is 3.29. The van der Waals surface area contributed by atoms with Gasteiger partial charge >= 0.3 is 7.12 Å². The van der Waals surface area contributed by atoms with Crippen molar-refractivity contribution in [3.8, 4) is 16.8 Å². The first-order chi connectivity index (χ1) is 16.4.